The molecule has 0 saturated heterocycles. The summed E-state index contributed by atoms with van der Waals surface area (Å²) in [5.41, 5.74) is 0.711. The van der Waals surface area contributed by atoms with E-state index in [0.29, 0.717) is 5.92 Å². The molecule has 0 radical (unpaired) electrons. The van der Waals surface area contributed by atoms with Gasteiger partial charge in [0.1, 0.15) is 0 Å². The average molecular weight is 176 g/mol. The third-order valence-electron chi connectivity index (χ3n) is 2.62. The van der Waals surface area contributed by atoms with Crippen molar-refractivity contribution in [3.05, 3.63) is 11.6 Å². The van der Waals surface area contributed by atoms with E-state index in [1.165, 1.54) is 5.57 Å². The molecule has 1 atom stereocenters. The first kappa shape index (κ1) is 12.7. The monoisotopic (exact) mass is 176 g/mol. The second-order valence-corrected chi connectivity index (χ2v) is 4.13. The second-order valence-electron chi connectivity index (χ2n) is 4.13. The molecule has 0 aliphatic heterocycles. The minimum absolute atomic E-state index is 0. The van der Waals surface area contributed by atoms with Crippen LogP contribution in [0.5, 0.6) is 0 Å². The third-order valence-corrected chi connectivity index (χ3v) is 2.62. The van der Waals surface area contributed by atoms with Crippen LogP contribution >= 0.6 is 0 Å². The van der Waals surface area contributed by atoms with E-state index in [0.717, 1.165) is 19.3 Å². The largest absolute Gasteiger partial charge is 1.00 e. The number of hydrogen-bond acceptors (Lipinski definition) is 1. The molecule has 0 aromatic heterocycles. The molecule has 1 rings (SSSR count). The first-order valence-electron chi connectivity index (χ1n) is 4.36. The van der Waals surface area contributed by atoms with Gasteiger partial charge in [-0.1, -0.05) is 25.5 Å². The molecule has 0 amide bonds. The van der Waals surface area contributed by atoms with Gasteiger partial charge in [-0.2, -0.15) is 0 Å². The number of rotatable bonds is 1. The summed E-state index contributed by atoms with van der Waals surface area (Å²) in [7, 11) is 0. The molecule has 0 N–H and O–H groups in total. The molecule has 0 bridgehead atoms. The zero-order valence-corrected chi connectivity index (χ0v) is 10.7. The van der Waals surface area contributed by atoms with Crippen molar-refractivity contribution in [1.82, 2.24) is 0 Å². The van der Waals surface area contributed by atoms with Crippen LogP contribution in [-0.2, 0) is 0 Å². The van der Waals surface area contributed by atoms with Crippen molar-refractivity contribution in [2.45, 2.75) is 45.6 Å². The van der Waals surface area contributed by atoms with Gasteiger partial charge in [-0.3, -0.25) is 0 Å². The van der Waals surface area contributed by atoms with Crippen LogP contribution in [0.1, 0.15) is 40.0 Å². The number of hydrogen-bond donors (Lipinski definition) is 0. The molecule has 0 saturated carbocycles. The van der Waals surface area contributed by atoms with E-state index in [2.05, 4.69) is 13.0 Å². The van der Waals surface area contributed by atoms with E-state index in [1.807, 2.05) is 0 Å². The predicted molar refractivity (Wildman–Crippen MR) is 45.2 cm³/mol. The van der Waals surface area contributed by atoms with Crippen LogP contribution in [0.2, 0.25) is 0 Å². The Kier molecular flexibility index (Phi) is 5.08. The SMILES string of the molecule is CC1=CC[C@@H](C(C)(C)[O-])CC1.[Na+]. The summed E-state index contributed by atoms with van der Waals surface area (Å²) in [6.45, 7) is 5.74. The molecule has 1 nitrogen and oxygen atoms in total. The summed E-state index contributed by atoms with van der Waals surface area (Å²) in [5.74, 6) is 0.353. The molecule has 0 heterocycles. The summed E-state index contributed by atoms with van der Waals surface area (Å²) in [6, 6.07) is 0. The van der Waals surface area contributed by atoms with Gasteiger partial charge in [0.2, 0.25) is 0 Å². The van der Waals surface area contributed by atoms with Gasteiger partial charge in [0.15, 0.2) is 0 Å². The molecule has 0 fully saturated rings. The molecule has 0 aromatic carbocycles. The van der Waals surface area contributed by atoms with Gasteiger partial charge in [-0.05, 0) is 32.1 Å². The van der Waals surface area contributed by atoms with Gasteiger partial charge in [-0.15, -0.1) is 5.60 Å². The smallest absolute Gasteiger partial charge is 0.850 e. The first-order chi connectivity index (χ1) is 5.00. The minimum atomic E-state index is -0.739. The van der Waals surface area contributed by atoms with Crippen LogP contribution < -0.4 is 34.7 Å². The van der Waals surface area contributed by atoms with Gasteiger partial charge >= 0.3 is 29.6 Å². The van der Waals surface area contributed by atoms with Gasteiger partial charge in [0, 0.05) is 0 Å². The maximum Gasteiger partial charge on any atom is 1.00 e. The fourth-order valence-electron chi connectivity index (χ4n) is 1.60. The van der Waals surface area contributed by atoms with Gasteiger partial charge in [0.05, 0.1) is 0 Å². The molecule has 2 heteroatoms. The Balaban J connectivity index is 0.00000121. The molecular weight excluding hydrogens is 159 g/mol. The topological polar surface area (TPSA) is 23.1 Å². The van der Waals surface area contributed by atoms with Gasteiger partial charge < -0.3 is 5.11 Å². The Labute approximate surface area is 97.5 Å². The quantitative estimate of drug-likeness (QED) is 0.366. The Hall–Kier alpha value is 0.700. The van der Waals surface area contributed by atoms with Crippen molar-refractivity contribution in [1.29, 1.82) is 0 Å². The third kappa shape index (κ3) is 3.61. The van der Waals surface area contributed by atoms with E-state index in [4.69, 9.17) is 0 Å². The zero-order chi connectivity index (χ0) is 8.48. The molecule has 0 spiro atoms. The Morgan fingerprint density at radius 2 is 2.08 bits per heavy atom. The van der Waals surface area contributed by atoms with E-state index >= 15 is 0 Å². The normalized spacial score (nSPS) is 24.3. The van der Waals surface area contributed by atoms with Crippen LogP contribution in [0.25, 0.3) is 0 Å². The fraction of sp³-hybridized carbons (Fsp3) is 0.800. The van der Waals surface area contributed by atoms with Crippen molar-refractivity contribution < 1.29 is 34.7 Å². The van der Waals surface area contributed by atoms with E-state index in [-0.39, 0.29) is 29.6 Å². The van der Waals surface area contributed by atoms with Crippen LogP contribution in [-0.4, -0.2) is 5.60 Å². The van der Waals surface area contributed by atoms with Crippen LogP contribution in [0, 0.1) is 5.92 Å². The summed E-state index contributed by atoms with van der Waals surface area (Å²) in [4.78, 5) is 0. The molecule has 12 heavy (non-hydrogen) atoms. The molecule has 0 unspecified atom stereocenters. The molecule has 0 aromatic rings. The molecular formula is C10H17NaO. The predicted octanol–water partition coefficient (Wildman–Crippen LogP) is -1.12. The Bertz CT molecular complexity index is 167. The fourth-order valence-corrected chi connectivity index (χ4v) is 1.60. The first-order valence-corrected chi connectivity index (χ1v) is 4.36. The Morgan fingerprint density at radius 1 is 1.50 bits per heavy atom. The van der Waals surface area contributed by atoms with Crippen molar-refractivity contribution in [2.75, 3.05) is 0 Å². The summed E-state index contributed by atoms with van der Waals surface area (Å²) >= 11 is 0. The molecule has 1 aliphatic rings. The van der Waals surface area contributed by atoms with Crippen molar-refractivity contribution in [3.63, 3.8) is 0 Å². The van der Waals surface area contributed by atoms with E-state index < -0.39 is 5.60 Å². The van der Waals surface area contributed by atoms with E-state index in [9.17, 15) is 5.11 Å². The standard InChI is InChI=1S/C10H17O.Na/c1-8-4-6-9(7-5-8)10(2,3)11;/h4,9H,5-7H2,1-3H3;/q-1;+1/t9-;/m1./s1. The van der Waals surface area contributed by atoms with Crippen LogP contribution in [0.4, 0.5) is 0 Å². The molecule has 64 valence electrons. The summed E-state index contributed by atoms with van der Waals surface area (Å²) in [6.07, 6.45) is 5.41. The van der Waals surface area contributed by atoms with Crippen LogP contribution in [0.15, 0.2) is 11.6 Å². The minimum Gasteiger partial charge on any atom is -0.850 e. The Morgan fingerprint density at radius 3 is 2.42 bits per heavy atom. The summed E-state index contributed by atoms with van der Waals surface area (Å²) < 4.78 is 0. The van der Waals surface area contributed by atoms with Crippen LogP contribution in [0.3, 0.4) is 0 Å². The maximum atomic E-state index is 11.5. The van der Waals surface area contributed by atoms with Gasteiger partial charge in [0.25, 0.3) is 0 Å². The average Bonchev–Trinajstić information content (AvgIpc) is 1.86. The summed E-state index contributed by atoms with van der Waals surface area (Å²) in [5, 5.41) is 11.5. The second kappa shape index (κ2) is 4.80. The van der Waals surface area contributed by atoms with Crippen molar-refractivity contribution in [2.24, 2.45) is 5.92 Å². The van der Waals surface area contributed by atoms with Crippen molar-refractivity contribution in [3.8, 4) is 0 Å². The van der Waals surface area contributed by atoms with E-state index in [1.54, 1.807) is 13.8 Å². The number of allylic oxidation sites excluding steroid dienone is 2. The zero-order valence-electron chi connectivity index (χ0n) is 8.68. The van der Waals surface area contributed by atoms with Gasteiger partial charge in [-0.25, -0.2) is 0 Å². The van der Waals surface area contributed by atoms with Crippen molar-refractivity contribution >= 4 is 0 Å². The maximum absolute atomic E-state index is 11.5. The molecule has 1 aliphatic carbocycles.